The van der Waals surface area contributed by atoms with E-state index in [1.807, 2.05) is 12.1 Å². The molecule has 0 spiro atoms. The summed E-state index contributed by atoms with van der Waals surface area (Å²) >= 11 is 0. The molecule has 0 amide bonds. The first-order chi connectivity index (χ1) is 5.74. The fourth-order valence-electron chi connectivity index (χ4n) is 1.20. The van der Waals surface area contributed by atoms with E-state index in [0.717, 1.165) is 12.0 Å². The van der Waals surface area contributed by atoms with Gasteiger partial charge >= 0.3 is 0 Å². The highest BCUT2D eigenvalue weighted by atomic mass is 19.1. The second kappa shape index (κ2) is 4.05. The molecule has 1 rings (SSSR count). The van der Waals surface area contributed by atoms with Crippen LogP contribution in [0.5, 0.6) is 0 Å². The van der Waals surface area contributed by atoms with Crippen molar-refractivity contribution in [1.82, 2.24) is 0 Å². The summed E-state index contributed by atoms with van der Waals surface area (Å²) in [7, 11) is 0. The predicted octanol–water partition coefficient (Wildman–Crippen LogP) is 3.51. The van der Waals surface area contributed by atoms with Crippen LogP contribution in [0.2, 0.25) is 0 Å². The standard InChI is InChI=1S/C11H13F/c1-3-5-9(2)10-6-4-7-11(12)8-10/h3-4,6-9H,1,5H2,2H3. The van der Waals surface area contributed by atoms with Crippen LogP contribution in [0.25, 0.3) is 0 Å². The van der Waals surface area contributed by atoms with Crippen molar-refractivity contribution in [3.8, 4) is 0 Å². The highest BCUT2D eigenvalue weighted by Gasteiger charge is 2.03. The number of halogens is 1. The van der Waals surface area contributed by atoms with E-state index in [1.165, 1.54) is 6.07 Å². The Bertz CT molecular complexity index is 265. The van der Waals surface area contributed by atoms with Crippen LogP contribution in [0, 0.1) is 5.82 Å². The van der Waals surface area contributed by atoms with Crippen LogP contribution in [-0.4, -0.2) is 0 Å². The van der Waals surface area contributed by atoms with Gasteiger partial charge in [-0.15, -0.1) is 6.58 Å². The number of allylic oxidation sites excluding steroid dienone is 1. The lowest BCUT2D eigenvalue weighted by molar-refractivity contribution is 0.621. The summed E-state index contributed by atoms with van der Waals surface area (Å²) in [5, 5.41) is 0. The average Bonchev–Trinajstić information content (AvgIpc) is 2.05. The Balaban J connectivity index is 2.80. The zero-order valence-electron chi connectivity index (χ0n) is 7.26. The molecule has 64 valence electrons. The lowest BCUT2D eigenvalue weighted by Gasteiger charge is -2.08. The number of rotatable bonds is 3. The number of benzene rings is 1. The SMILES string of the molecule is C=CCC(C)c1cccc(F)c1. The van der Waals surface area contributed by atoms with Gasteiger partial charge in [0.05, 0.1) is 0 Å². The van der Waals surface area contributed by atoms with Gasteiger partial charge in [-0.1, -0.05) is 25.1 Å². The molecule has 0 saturated heterocycles. The van der Waals surface area contributed by atoms with Gasteiger partial charge < -0.3 is 0 Å². The van der Waals surface area contributed by atoms with Crippen LogP contribution in [0.3, 0.4) is 0 Å². The Hall–Kier alpha value is -1.11. The summed E-state index contributed by atoms with van der Waals surface area (Å²) in [6, 6.07) is 6.72. The Labute approximate surface area is 72.7 Å². The first-order valence-corrected chi connectivity index (χ1v) is 4.10. The Morgan fingerprint density at radius 3 is 2.92 bits per heavy atom. The first-order valence-electron chi connectivity index (χ1n) is 4.10. The van der Waals surface area contributed by atoms with Gasteiger partial charge in [0.15, 0.2) is 0 Å². The Morgan fingerprint density at radius 1 is 1.58 bits per heavy atom. The van der Waals surface area contributed by atoms with E-state index in [4.69, 9.17) is 0 Å². The maximum atomic E-state index is 12.7. The molecular weight excluding hydrogens is 151 g/mol. The average molecular weight is 164 g/mol. The monoisotopic (exact) mass is 164 g/mol. The highest BCUT2D eigenvalue weighted by Crippen LogP contribution is 2.19. The lowest BCUT2D eigenvalue weighted by atomic mass is 9.98. The molecule has 1 heteroatoms. The van der Waals surface area contributed by atoms with Gasteiger partial charge in [-0.3, -0.25) is 0 Å². The van der Waals surface area contributed by atoms with Crippen LogP contribution >= 0.6 is 0 Å². The normalized spacial score (nSPS) is 12.5. The molecule has 12 heavy (non-hydrogen) atoms. The molecule has 0 N–H and O–H groups in total. The molecule has 1 unspecified atom stereocenters. The highest BCUT2D eigenvalue weighted by molar-refractivity contribution is 5.20. The molecule has 0 heterocycles. The van der Waals surface area contributed by atoms with Crippen LogP contribution < -0.4 is 0 Å². The van der Waals surface area contributed by atoms with Crippen LogP contribution in [0.1, 0.15) is 24.8 Å². The van der Waals surface area contributed by atoms with Crippen molar-refractivity contribution >= 4 is 0 Å². The molecule has 0 aliphatic carbocycles. The van der Waals surface area contributed by atoms with Gasteiger partial charge in [0.2, 0.25) is 0 Å². The quantitative estimate of drug-likeness (QED) is 0.600. The topological polar surface area (TPSA) is 0 Å². The third kappa shape index (κ3) is 2.19. The van der Waals surface area contributed by atoms with Gasteiger partial charge in [0, 0.05) is 0 Å². The molecule has 0 aromatic heterocycles. The summed E-state index contributed by atoms with van der Waals surface area (Å²) in [5.74, 6) is 0.196. The number of hydrogen-bond acceptors (Lipinski definition) is 0. The van der Waals surface area contributed by atoms with Crippen molar-refractivity contribution in [3.63, 3.8) is 0 Å². The molecule has 0 aliphatic heterocycles. The van der Waals surface area contributed by atoms with E-state index < -0.39 is 0 Å². The largest absolute Gasteiger partial charge is 0.207 e. The summed E-state index contributed by atoms with van der Waals surface area (Å²) in [6.07, 6.45) is 2.75. The smallest absolute Gasteiger partial charge is 0.123 e. The minimum atomic E-state index is -0.164. The van der Waals surface area contributed by atoms with Crippen LogP contribution in [0.4, 0.5) is 4.39 Å². The van der Waals surface area contributed by atoms with E-state index in [0.29, 0.717) is 5.92 Å². The third-order valence-electron chi connectivity index (χ3n) is 1.94. The van der Waals surface area contributed by atoms with Gasteiger partial charge in [-0.25, -0.2) is 4.39 Å². The maximum Gasteiger partial charge on any atom is 0.123 e. The van der Waals surface area contributed by atoms with E-state index in [2.05, 4.69) is 13.5 Å². The second-order valence-electron chi connectivity index (χ2n) is 2.98. The molecule has 0 aliphatic rings. The lowest BCUT2D eigenvalue weighted by Crippen LogP contribution is -1.91. The molecule has 1 aromatic carbocycles. The van der Waals surface area contributed by atoms with E-state index >= 15 is 0 Å². The predicted molar refractivity (Wildman–Crippen MR) is 49.6 cm³/mol. The molecular formula is C11H13F. The Morgan fingerprint density at radius 2 is 2.33 bits per heavy atom. The van der Waals surface area contributed by atoms with Crippen molar-refractivity contribution in [2.45, 2.75) is 19.3 Å². The van der Waals surface area contributed by atoms with Gasteiger partial charge in [-0.2, -0.15) is 0 Å². The maximum absolute atomic E-state index is 12.7. The summed E-state index contributed by atoms with van der Waals surface area (Å²) < 4.78 is 12.7. The van der Waals surface area contributed by atoms with Crippen LogP contribution in [0.15, 0.2) is 36.9 Å². The van der Waals surface area contributed by atoms with Gasteiger partial charge in [0.1, 0.15) is 5.82 Å². The Kier molecular flexibility index (Phi) is 3.03. The van der Waals surface area contributed by atoms with Gasteiger partial charge in [0.25, 0.3) is 0 Å². The van der Waals surface area contributed by atoms with Crippen molar-refractivity contribution < 1.29 is 4.39 Å². The fraction of sp³-hybridized carbons (Fsp3) is 0.273. The van der Waals surface area contributed by atoms with Crippen molar-refractivity contribution in [1.29, 1.82) is 0 Å². The fourth-order valence-corrected chi connectivity index (χ4v) is 1.20. The summed E-state index contributed by atoms with van der Waals surface area (Å²) in [5.41, 5.74) is 1.04. The van der Waals surface area contributed by atoms with Crippen molar-refractivity contribution in [2.75, 3.05) is 0 Å². The second-order valence-corrected chi connectivity index (χ2v) is 2.98. The molecule has 0 fully saturated rings. The molecule has 0 radical (unpaired) electrons. The van der Waals surface area contributed by atoms with Gasteiger partial charge in [-0.05, 0) is 30.0 Å². The minimum Gasteiger partial charge on any atom is -0.207 e. The third-order valence-corrected chi connectivity index (χ3v) is 1.94. The first kappa shape index (κ1) is 8.98. The van der Waals surface area contributed by atoms with Crippen LogP contribution in [-0.2, 0) is 0 Å². The zero-order valence-corrected chi connectivity index (χ0v) is 7.26. The number of hydrogen-bond donors (Lipinski definition) is 0. The molecule has 1 atom stereocenters. The van der Waals surface area contributed by atoms with Crippen molar-refractivity contribution in [3.05, 3.63) is 48.3 Å². The molecule has 0 saturated carbocycles. The van der Waals surface area contributed by atoms with E-state index in [9.17, 15) is 4.39 Å². The summed E-state index contributed by atoms with van der Waals surface area (Å²) in [6.45, 7) is 5.72. The zero-order chi connectivity index (χ0) is 8.97. The molecule has 1 aromatic rings. The van der Waals surface area contributed by atoms with E-state index in [1.54, 1.807) is 12.1 Å². The van der Waals surface area contributed by atoms with Crippen molar-refractivity contribution in [2.24, 2.45) is 0 Å². The minimum absolute atomic E-state index is 0.164. The molecule has 0 bridgehead atoms. The van der Waals surface area contributed by atoms with E-state index in [-0.39, 0.29) is 5.82 Å². The summed E-state index contributed by atoms with van der Waals surface area (Å²) in [4.78, 5) is 0. The molecule has 0 nitrogen and oxygen atoms in total.